The first-order valence-electron chi connectivity index (χ1n) is 11.0. The number of benzene rings is 2. The van der Waals surface area contributed by atoms with Crippen molar-refractivity contribution in [3.05, 3.63) is 70.8 Å². The monoisotopic (exact) mass is 405 g/mol. The average molecular weight is 406 g/mol. The molecule has 3 unspecified atom stereocenters. The lowest BCUT2D eigenvalue weighted by atomic mass is 9.89. The molecule has 2 aromatic carbocycles. The van der Waals surface area contributed by atoms with Gasteiger partial charge in [-0.15, -0.1) is 0 Å². The summed E-state index contributed by atoms with van der Waals surface area (Å²) in [4.78, 5) is 26.9. The fourth-order valence-electron chi connectivity index (χ4n) is 4.64. The van der Waals surface area contributed by atoms with E-state index in [1.54, 1.807) is 0 Å². The van der Waals surface area contributed by atoms with E-state index >= 15 is 0 Å². The molecule has 1 aliphatic heterocycles. The van der Waals surface area contributed by atoms with Crippen LogP contribution in [0.5, 0.6) is 0 Å². The number of amides is 3. The van der Waals surface area contributed by atoms with Gasteiger partial charge in [0, 0.05) is 13.0 Å². The molecule has 3 atom stereocenters. The zero-order valence-corrected chi connectivity index (χ0v) is 17.9. The van der Waals surface area contributed by atoms with E-state index < -0.39 is 0 Å². The van der Waals surface area contributed by atoms with Gasteiger partial charge in [-0.2, -0.15) is 0 Å². The lowest BCUT2D eigenvalue weighted by molar-refractivity contribution is -0.129. The Morgan fingerprint density at radius 2 is 1.73 bits per heavy atom. The van der Waals surface area contributed by atoms with Crippen LogP contribution in [0.2, 0.25) is 0 Å². The molecule has 0 bridgehead atoms. The summed E-state index contributed by atoms with van der Waals surface area (Å²) >= 11 is 0. The van der Waals surface area contributed by atoms with Crippen molar-refractivity contribution < 1.29 is 9.59 Å². The Kier molecular flexibility index (Phi) is 6.07. The highest BCUT2D eigenvalue weighted by Gasteiger charge is 2.34. The standard InChI is InChI=1S/C25H31N3O2/c1-17(21-13-12-20-10-6-7-11-22(20)14-21)26-25(30)27-23-15-24(29)28(16-23)18(2)19-8-4-3-5-9-19/h3-5,8-9,12-14,17-18,23H,6-7,10-11,15-16H2,1-2H3,(H2,26,27,30). The van der Waals surface area contributed by atoms with E-state index in [4.69, 9.17) is 0 Å². The molecule has 2 aromatic rings. The van der Waals surface area contributed by atoms with Gasteiger partial charge in [-0.1, -0.05) is 48.5 Å². The van der Waals surface area contributed by atoms with Crippen molar-refractivity contribution in [1.82, 2.24) is 15.5 Å². The molecule has 1 heterocycles. The molecule has 30 heavy (non-hydrogen) atoms. The Balaban J connectivity index is 1.32. The van der Waals surface area contributed by atoms with Gasteiger partial charge in [0.1, 0.15) is 0 Å². The fourth-order valence-corrected chi connectivity index (χ4v) is 4.64. The van der Waals surface area contributed by atoms with Crippen LogP contribution in [-0.4, -0.2) is 29.4 Å². The SMILES string of the molecule is CC(NC(=O)NC1CC(=O)N(C(C)c2ccccc2)C1)c1ccc2c(c1)CCCC2. The predicted molar refractivity (Wildman–Crippen MR) is 118 cm³/mol. The van der Waals surface area contributed by atoms with Gasteiger partial charge < -0.3 is 15.5 Å². The average Bonchev–Trinajstić information content (AvgIpc) is 3.13. The van der Waals surface area contributed by atoms with Crippen LogP contribution in [0.15, 0.2) is 48.5 Å². The molecule has 0 spiro atoms. The van der Waals surface area contributed by atoms with Gasteiger partial charge >= 0.3 is 6.03 Å². The van der Waals surface area contributed by atoms with Crippen molar-refractivity contribution >= 4 is 11.9 Å². The number of nitrogens with one attached hydrogen (secondary N) is 2. The van der Waals surface area contributed by atoms with Crippen molar-refractivity contribution in [3.8, 4) is 0 Å². The number of likely N-dealkylation sites (tertiary alicyclic amines) is 1. The number of nitrogens with zero attached hydrogens (tertiary/aromatic N) is 1. The van der Waals surface area contributed by atoms with E-state index in [1.165, 1.54) is 24.0 Å². The number of hydrogen-bond donors (Lipinski definition) is 2. The molecule has 2 N–H and O–H groups in total. The van der Waals surface area contributed by atoms with Crippen molar-refractivity contribution in [3.63, 3.8) is 0 Å². The number of fused-ring (bicyclic) bond motifs is 1. The number of aryl methyl sites for hydroxylation is 2. The van der Waals surface area contributed by atoms with Crippen LogP contribution in [0.3, 0.4) is 0 Å². The summed E-state index contributed by atoms with van der Waals surface area (Å²) < 4.78 is 0. The first kappa shape index (κ1) is 20.5. The number of hydrogen-bond acceptors (Lipinski definition) is 2. The number of carbonyl (C=O) groups is 2. The summed E-state index contributed by atoms with van der Waals surface area (Å²) in [5, 5.41) is 6.04. The summed E-state index contributed by atoms with van der Waals surface area (Å²) in [7, 11) is 0. The molecule has 158 valence electrons. The van der Waals surface area contributed by atoms with E-state index in [0.29, 0.717) is 13.0 Å². The predicted octanol–water partition coefficient (Wildman–Crippen LogP) is 4.29. The highest BCUT2D eigenvalue weighted by Crippen LogP contribution is 2.26. The summed E-state index contributed by atoms with van der Waals surface area (Å²) in [6.07, 6.45) is 5.14. The quantitative estimate of drug-likeness (QED) is 0.780. The topological polar surface area (TPSA) is 61.4 Å². The lowest BCUT2D eigenvalue weighted by Crippen LogP contribution is -2.44. The molecule has 1 aliphatic carbocycles. The number of carbonyl (C=O) groups excluding carboxylic acids is 2. The third-order valence-electron chi connectivity index (χ3n) is 6.46. The van der Waals surface area contributed by atoms with E-state index in [1.807, 2.05) is 49.1 Å². The van der Waals surface area contributed by atoms with Gasteiger partial charge in [0.15, 0.2) is 0 Å². The first-order valence-corrected chi connectivity index (χ1v) is 11.0. The van der Waals surface area contributed by atoms with Crippen LogP contribution in [0.25, 0.3) is 0 Å². The second kappa shape index (κ2) is 8.90. The van der Waals surface area contributed by atoms with Crippen molar-refractivity contribution in [2.45, 2.75) is 64.1 Å². The van der Waals surface area contributed by atoms with Crippen molar-refractivity contribution in [2.75, 3.05) is 6.54 Å². The molecule has 0 saturated carbocycles. The van der Waals surface area contributed by atoms with Crippen LogP contribution in [0, 0.1) is 0 Å². The van der Waals surface area contributed by atoms with Crippen molar-refractivity contribution in [2.24, 2.45) is 0 Å². The van der Waals surface area contributed by atoms with Gasteiger partial charge in [-0.25, -0.2) is 4.79 Å². The summed E-state index contributed by atoms with van der Waals surface area (Å²) in [6, 6.07) is 16.1. The van der Waals surface area contributed by atoms with Gasteiger partial charge in [0.2, 0.25) is 5.91 Å². The Morgan fingerprint density at radius 1 is 1.00 bits per heavy atom. The summed E-state index contributed by atoms with van der Waals surface area (Å²) in [6.45, 7) is 4.58. The van der Waals surface area contributed by atoms with Crippen LogP contribution in [-0.2, 0) is 17.6 Å². The Bertz CT molecular complexity index is 912. The number of urea groups is 1. The van der Waals surface area contributed by atoms with Crippen LogP contribution < -0.4 is 10.6 Å². The molecular formula is C25H31N3O2. The van der Waals surface area contributed by atoms with Crippen LogP contribution >= 0.6 is 0 Å². The number of rotatable bonds is 5. The molecular weight excluding hydrogens is 374 g/mol. The zero-order valence-electron chi connectivity index (χ0n) is 17.9. The van der Waals surface area contributed by atoms with E-state index in [9.17, 15) is 9.59 Å². The Labute approximate surface area is 178 Å². The third kappa shape index (κ3) is 4.50. The second-order valence-corrected chi connectivity index (χ2v) is 8.61. The van der Waals surface area contributed by atoms with Gasteiger partial charge in [0.05, 0.1) is 18.1 Å². The van der Waals surface area contributed by atoms with E-state index in [0.717, 1.165) is 24.0 Å². The Morgan fingerprint density at radius 3 is 2.50 bits per heavy atom. The minimum atomic E-state index is -0.216. The largest absolute Gasteiger partial charge is 0.334 e. The lowest BCUT2D eigenvalue weighted by Gasteiger charge is -2.25. The molecule has 1 saturated heterocycles. The highest BCUT2D eigenvalue weighted by molar-refractivity contribution is 5.82. The maximum atomic E-state index is 12.6. The van der Waals surface area contributed by atoms with Crippen LogP contribution in [0.4, 0.5) is 4.79 Å². The molecule has 3 amide bonds. The minimum Gasteiger partial charge on any atom is -0.334 e. The molecule has 0 radical (unpaired) electrons. The molecule has 2 aliphatic rings. The maximum Gasteiger partial charge on any atom is 0.315 e. The fraction of sp³-hybridized carbons (Fsp3) is 0.440. The highest BCUT2D eigenvalue weighted by atomic mass is 16.2. The van der Waals surface area contributed by atoms with E-state index in [-0.39, 0.29) is 30.1 Å². The van der Waals surface area contributed by atoms with Crippen LogP contribution in [0.1, 0.15) is 67.4 Å². The normalized spacial score (nSPS) is 20.4. The third-order valence-corrected chi connectivity index (χ3v) is 6.46. The molecule has 5 heteroatoms. The van der Waals surface area contributed by atoms with Gasteiger partial charge in [-0.05, 0) is 61.8 Å². The summed E-state index contributed by atoms with van der Waals surface area (Å²) in [5.74, 6) is 0.0828. The molecule has 4 rings (SSSR count). The first-order chi connectivity index (χ1) is 14.5. The maximum absolute atomic E-state index is 12.6. The minimum absolute atomic E-state index is 0.00276. The van der Waals surface area contributed by atoms with E-state index in [2.05, 4.69) is 28.8 Å². The second-order valence-electron chi connectivity index (χ2n) is 8.61. The smallest absolute Gasteiger partial charge is 0.315 e. The summed E-state index contributed by atoms with van der Waals surface area (Å²) in [5.41, 5.74) is 5.10. The Hall–Kier alpha value is -2.82. The van der Waals surface area contributed by atoms with Gasteiger partial charge in [-0.3, -0.25) is 4.79 Å². The molecule has 0 aromatic heterocycles. The molecule has 1 fully saturated rings. The molecule has 5 nitrogen and oxygen atoms in total. The zero-order chi connectivity index (χ0) is 21.1. The van der Waals surface area contributed by atoms with Crippen molar-refractivity contribution in [1.29, 1.82) is 0 Å². The van der Waals surface area contributed by atoms with Gasteiger partial charge in [0.25, 0.3) is 0 Å².